The van der Waals surface area contributed by atoms with Crippen LogP contribution in [-0.4, -0.2) is 39.7 Å². The van der Waals surface area contributed by atoms with Gasteiger partial charge < -0.3 is 14.6 Å². The SMILES string of the molecule is O=C(c1cccn1C1CC1)N1CC[C@H](O)C1. The van der Waals surface area contributed by atoms with Crippen LogP contribution in [0.5, 0.6) is 0 Å². The number of β-amino-alcohol motifs (C(OH)–C–C–N with tert-alkyl or cyclic N) is 1. The van der Waals surface area contributed by atoms with E-state index in [4.69, 9.17) is 0 Å². The predicted molar refractivity (Wildman–Crippen MR) is 59.2 cm³/mol. The Hall–Kier alpha value is -1.29. The lowest BCUT2D eigenvalue weighted by molar-refractivity contribution is 0.0754. The third-order valence-electron chi connectivity index (χ3n) is 3.39. The highest BCUT2D eigenvalue weighted by atomic mass is 16.3. The summed E-state index contributed by atoms with van der Waals surface area (Å²) >= 11 is 0. The molecule has 86 valence electrons. The van der Waals surface area contributed by atoms with Crippen LogP contribution >= 0.6 is 0 Å². The van der Waals surface area contributed by atoms with Gasteiger partial charge in [0.15, 0.2) is 0 Å². The van der Waals surface area contributed by atoms with E-state index in [0.717, 1.165) is 5.69 Å². The summed E-state index contributed by atoms with van der Waals surface area (Å²) in [5.74, 6) is 0.0634. The molecule has 1 amide bonds. The van der Waals surface area contributed by atoms with Crippen molar-refractivity contribution in [2.24, 2.45) is 0 Å². The number of aliphatic hydroxyl groups excluding tert-OH is 1. The largest absolute Gasteiger partial charge is 0.391 e. The molecule has 2 heterocycles. The number of carbonyl (C=O) groups is 1. The van der Waals surface area contributed by atoms with Crippen LogP contribution in [0.25, 0.3) is 0 Å². The van der Waals surface area contributed by atoms with Crippen molar-refractivity contribution in [2.45, 2.75) is 31.4 Å². The number of nitrogens with zero attached hydrogens (tertiary/aromatic N) is 2. The zero-order chi connectivity index (χ0) is 11.1. The predicted octanol–water partition coefficient (Wildman–Crippen LogP) is 1.03. The lowest BCUT2D eigenvalue weighted by Crippen LogP contribution is -2.31. The molecule has 4 heteroatoms. The average Bonchev–Trinajstić information content (AvgIpc) is 2.85. The fourth-order valence-corrected chi connectivity index (χ4v) is 2.33. The molecule has 0 aromatic carbocycles. The first kappa shape index (κ1) is 9.90. The quantitative estimate of drug-likeness (QED) is 0.809. The minimum absolute atomic E-state index is 0.0634. The van der Waals surface area contributed by atoms with E-state index >= 15 is 0 Å². The molecule has 1 aliphatic carbocycles. The molecular weight excluding hydrogens is 204 g/mol. The summed E-state index contributed by atoms with van der Waals surface area (Å²) in [6.45, 7) is 1.16. The summed E-state index contributed by atoms with van der Waals surface area (Å²) < 4.78 is 2.08. The molecule has 2 fully saturated rings. The van der Waals surface area contributed by atoms with Crippen LogP contribution in [-0.2, 0) is 0 Å². The third-order valence-corrected chi connectivity index (χ3v) is 3.39. The minimum atomic E-state index is -0.340. The Bertz CT molecular complexity index is 409. The van der Waals surface area contributed by atoms with Gasteiger partial charge in [-0.15, -0.1) is 0 Å². The lowest BCUT2D eigenvalue weighted by atomic mass is 10.3. The molecule has 1 saturated carbocycles. The van der Waals surface area contributed by atoms with Gasteiger partial charge in [0.2, 0.25) is 0 Å². The first-order chi connectivity index (χ1) is 7.75. The fourth-order valence-electron chi connectivity index (χ4n) is 2.33. The average molecular weight is 220 g/mol. The molecule has 1 aromatic heterocycles. The standard InChI is InChI=1S/C12H16N2O2/c15-10-5-7-13(8-10)12(16)11-2-1-6-14(11)9-3-4-9/h1-2,6,9-10,15H,3-5,7-8H2/t10-/m0/s1. The highest BCUT2D eigenvalue weighted by Crippen LogP contribution is 2.36. The summed E-state index contributed by atoms with van der Waals surface area (Å²) in [7, 11) is 0. The number of rotatable bonds is 2. The molecule has 0 bridgehead atoms. The Labute approximate surface area is 94.5 Å². The summed E-state index contributed by atoms with van der Waals surface area (Å²) in [6.07, 6.45) is 4.70. The van der Waals surface area contributed by atoms with Gasteiger partial charge in [-0.25, -0.2) is 0 Å². The van der Waals surface area contributed by atoms with Crippen LogP contribution in [0.3, 0.4) is 0 Å². The Kier molecular flexibility index (Phi) is 2.24. The number of amides is 1. The van der Waals surface area contributed by atoms with Crippen LogP contribution in [0.2, 0.25) is 0 Å². The Balaban J connectivity index is 1.80. The molecule has 1 aliphatic heterocycles. The zero-order valence-corrected chi connectivity index (χ0v) is 9.17. The lowest BCUT2D eigenvalue weighted by Gasteiger charge is -2.16. The van der Waals surface area contributed by atoms with Crippen molar-refractivity contribution in [3.05, 3.63) is 24.0 Å². The molecule has 16 heavy (non-hydrogen) atoms. The Morgan fingerprint density at radius 3 is 2.81 bits per heavy atom. The van der Waals surface area contributed by atoms with Crippen LogP contribution in [0, 0.1) is 0 Å². The maximum absolute atomic E-state index is 12.2. The van der Waals surface area contributed by atoms with E-state index in [-0.39, 0.29) is 12.0 Å². The Morgan fingerprint density at radius 1 is 1.38 bits per heavy atom. The topological polar surface area (TPSA) is 45.5 Å². The second-order valence-electron chi connectivity index (χ2n) is 4.73. The van der Waals surface area contributed by atoms with Gasteiger partial charge in [0.05, 0.1) is 6.10 Å². The van der Waals surface area contributed by atoms with E-state index in [9.17, 15) is 9.90 Å². The van der Waals surface area contributed by atoms with Crippen molar-refractivity contribution in [3.63, 3.8) is 0 Å². The number of aliphatic hydroxyl groups is 1. The highest BCUT2D eigenvalue weighted by Gasteiger charge is 2.31. The van der Waals surface area contributed by atoms with Crippen molar-refractivity contribution < 1.29 is 9.90 Å². The van der Waals surface area contributed by atoms with Gasteiger partial charge >= 0.3 is 0 Å². The number of hydrogen-bond donors (Lipinski definition) is 1. The second-order valence-corrected chi connectivity index (χ2v) is 4.73. The van der Waals surface area contributed by atoms with E-state index in [1.807, 2.05) is 18.3 Å². The summed E-state index contributed by atoms with van der Waals surface area (Å²) in [5, 5.41) is 9.44. The number of carbonyl (C=O) groups excluding carboxylic acids is 1. The van der Waals surface area contributed by atoms with Gasteiger partial charge in [-0.2, -0.15) is 0 Å². The van der Waals surface area contributed by atoms with Crippen molar-refractivity contribution in [1.82, 2.24) is 9.47 Å². The van der Waals surface area contributed by atoms with Gasteiger partial charge in [-0.3, -0.25) is 4.79 Å². The highest BCUT2D eigenvalue weighted by molar-refractivity contribution is 5.93. The van der Waals surface area contributed by atoms with E-state index in [1.54, 1.807) is 4.90 Å². The first-order valence-corrected chi connectivity index (χ1v) is 5.90. The van der Waals surface area contributed by atoms with Gasteiger partial charge in [0.1, 0.15) is 5.69 Å². The van der Waals surface area contributed by atoms with E-state index in [1.165, 1.54) is 12.8 Å². The smallest absolute Gasteiger partial charge is 0.270 e. The molecule has 1 N–H and O–H groups in total. The molecule has 4 nitrogen and oxygen atoms in total. The van der Waals surface area contributed by atoms with Gasteiger partial charge in [0, 0.05) is 25.3 Å². The molecule has 1 aromatic rings. The van der Waals surface area contributed by atoms with Gasteiger partial charge in [-0.1, -0.05) is 0 Å². The normalized spacial score (nSPS) is 25.1. The van der Waals surface area contributed by atoms with Gasteiger partial charge in [-0.05, 0) is 31.4 Å². The van der Waals surface area contributed by atoms with Crippen molar-refractivity contribution >= 4 is 5.91 Å². The number of hydrogen-bond acceptors (Lipinski definition) is 2. The van der Waals surface area contributed by atoms with Gasteiger partial charge in [0.25, 0.3) is 5.91 Å². The Morgan fingerprint density at radius 2 is 2.19 bits per heavy atom. The van der Waals surface area contributed by atoms with Crippen molar-refractivity contribution in [3.8, 4) is 0 Å². The van der Waals surface area contributed by atoms with E-state index in [0.29, 0.717) is 25.6 Å². The summed E-state index contributed by atoms with van der Waals surface area (Å²) in [5.41, 5.74) is 0.775. The molecular formula is C12H16N2O2. The fraction of sp³-hybridized carbons (Fsp3) is 0.583. The third kappa shape index (κ3) is 1.63. The van der Waals surface area contributed by atoms with E-state index in [2.05, 4.69) is 4.57 Å². The molecule has 0 spiro atoms. The maximum atomic E-state index is 12.2. The second kappa shape index (κ2) is 3.63. The molecule has 1 saturated heterocycles. The van der Waals surface area contributed by atoms with Crippen LogP contribution in [0.1, 0.15) is 35.8 Å². The molecule has 1 atom stereocenters. The van der Waals surface area contributed by atoms with Crippen LogP contribution in [0.15, 0.2) is 18.3 Å². The molecule has 0 radical (unpaired) electrons. The summed E-state index contributed by atoms with van der Waals surface area (Å²) in [4.78, 5) is 13.9. The monoisotopic (exact) mass is 220 g/mol. The zero-order valence-electron chi connectivity index (χ0n) is 9.17. The van der Waals surface area contributed by atoms with Crippen LogP contribution < -0.4 is 0 Å². The van der Waals surface area contributed by atoms with E-state index < -0.39 is 0 Å². The summed E-state index contributed by atoms with van der Waals surface area (Å²) in [6, 6.07) is 4.34. The molecule has 0 unspecified atom stereocenters. The molecule has 2 aliphatic rings. The van der Waals surface area contributed by atoms with Crippen LogP contribution in [0.4, 0.5) is 0 Å². The number of aromatic nitrogens is 1. The van der Waals surface area contributed by atoms with Crippen molar-refractivity contribution in [1.29, 1.82) is 0 Å². The first-order valence-electron chi connectivity index (χ1n) is 5.90. The number of likely N-dealkylation sites (tertiary alicyclic amines) is 1. The maximum Gasteiger partial charge on any atom is 0.270 e. The van der Waals surface area contributed by atoms with Crippen molar-refractivity contribution in [2.75, 3.05) is 13.1 Å². The minimum Gasteiger partial charge on any atom is -0.391 e. The molecule has 3 rings (SSSR count).